The van der Waals surface area contributed by atoms with Gasteiger partial charge in [-0.25, -0.2) is 9.78 Å². The number of carbonyl (C=O) groups is 1. The number of hydrogen-bond acceptors (Lipinski definition) is 4. The van der Waals surface area contributed by atoms with E-state index in [-0.39, 0.29) is 5.92 Å². The molecule has 0 spiro atoms. The van der Waals surface area contributed by atoms with Crippen molar-refractivity contribution in [2.75, 3.05) is 24.6 Å². The number of piperidine rings is 1. The molecule has 0 radical (unpaired) electrons. The van der Waals surface area contributed by atoms with Crippen molar-refractivity contribution >= 4 is 11.8 Å². The van der Waals surface area contributed by atoms with Crippen molar-refractivity contribution in [3.8, 4) is 0 Å². The van der Waals surface area contributed by atoms with Crippen LogP contribution in [0.4, 0.5) is 5.82 Å². The maximum absolute atomic E-state index is 11.3. The van der Waals surface area contributed by atoms with Crippen molar-refractivity contribution in [3.63, 3.8) is 0 Å². The van der Waals surface area contributed by atoms with Crippen LogP contribution < -0.4 is 4.90 Å². The van der Waals surface area contributed by atoms with Crippen LogP contribution in [0.25, 0.3) is 0 Å². The molecule has 0 amide bonds. The minimum absolute atomic E-state index is 0.212. The van der Waals surface area contributed by atoms with Gasteiger partial charge in [-0.1, -0.05) is 13.8 Å². The molecule has 1 N–H and O–H groups in total. The summed E-state index contributed by atoms with van der Waals surface area (Å²) >= 11 is 0. The van der Waals surface area contributed by atoms with E-state index in [2.05, 4.69) is 9.88 Å². The standard InChI is InChI=1S/C16H24N2O3/c1-4-21-13-5-7-18(8-6-13)15-10-12(16(19)20)9-14(17-15)11(2)3/h9-11,13H,4-8H2,1-3H3,(H,19,20). The molecule has 1 saturated heterocycles. The van der Waals surface area contributed by atoms with Crippen LogP contribution in [-0.4, -0.2) is 41.9 Å². The third-order valence-corrected chi connectivity index (χ3v) is 3.84. The number of ether oxygens (including phenoxy) is 1. The first-order valence-electron chi connectivity index (χ1n) is 7.63. The smallest absolute Gasteiger partial charge is 0.335 e. The number of nitrogens with zero attached hydrogens (tertiary/aromatic N) is 2. The Morgan fingerprint density at radius 1 is 1.43 bits per heavy atom. The number of aromatic nitrogens is 1. The highest BCUT2D eigenvalue weighted by Crippen LogP contribution is 2.24. The lowest BCUT2D eigenvalue weighted by molar-refractivity contribution is 0.0458. The van der Waals surface area contributed by atoms with Gasteiger partial charge in [0.1, 0.15) is 5.82 Å². The van der Waals surface area contributed by atoms with Crippen LogP contribution in [0.1, 0.15) is 55.6 Å². The maximum Gasteiger partial charge on any atom is 0.335 e. The van der Waals surface area contributed by atoms with E-state index in [1.807, 2.05) is 20.8 Å². The Balaban J connectivity index is 2.18. The second kappa shape index (κ2) is 6.89. The Hall–Kier alpha value is -1.62. The fourth-order valence-corrected chi connectivity index (χ4v) is 2.61. The molecule has 116 valence electrons. The summed E-state index contributed by atoms with van der Waals surface area (Å²) in [5.74, 6) is 0.0855. The molecule has 1 aliphatic heterocycles. The summed E-state index contributed by atoms with van der Waals surface area (Å²) in [5.41, 5.74) is 1.15. The van der Waals surface area contributed by atoms with Crippen molar-refractivity contribution in [2.24, 2.45) is 0 Å². The Morgan fingerprint density at radius 3 is 2.62 bits per heavy atom. The van der Waals surface area contributed by atoms with E-state index in [0.29, 0.717) is 11.7 Å². The average molecular weight is 292 g/mol. The number of anilines is 1. The SMILES string of the molecule is CCOC1CCN(c2cc(C(=O)O)cc(C(C)C)n2)CC1. The van der Waals surface area contributed by atoms with Crippen molar-refractivity contribution in [1.82, 2.24) is 4.98 Å². The van der Waals surface area contributed by atoms with E-state index in [9.17, 15) is 9.90 Å². The molecule has 0 bridgehead atoms. The number of carboxylic acids is 1. The Bertz CT molecular complexity index is 494. The minimum atomic E-state index is -0.898. The zero-order valence-electron chi connectivity index (χ0n) is 13.0. The van der Waals surface area contributed by atoms with E-state index in [4.69, 9.17) is 4.74 Å². The van der Waals surface area contributed by atoms with Gasteiger partial charge in [-0.2, -0.15) is 0 Å². The summed E-state index contributed by atoms with van der Waals surface area (Å²) in [4.78, 5) is 18.1. The molecule has 0 atom stereocenters. The van der Waals surface area contributed by atoms with Gasteiger partial charge in [-0.05, 0) is 37.8 Å². The van der Waals surface area contributed by atoms with Crippen LogP contribution in [0, 0.1) is 0 Å². The summed E-state index contributed by atoms with van der Waals surface area (Å²) in [6.07, 6.45) is 2.24. The summed E-state index contributed by atoms with van der Waals surface area (Å²) < 4.78 is 5.65. The van der Waals surface area contributed by atoms with Gasteiger partial charge in [0, 0.05) is 25.4 Å². The normalized spacial score (nSPS) is 16.5. The van der Waals surface area contributed by atoms with Gasteiger partial charge >= 0.3 is 5.97 Å². The molecule has 0 aromatic carbocycles. The van der Waals surface area contributed by atoms with Gasteiger partial charge in [-0.3, -0.25) is 0 Å². The molecular weight excluding hydrogens is 268 g/mol. The van der Waals surface area contributed by atoms with Crippen molar-refractivity contribution < 1.29 is 14.6 Å². The predicted molar refractivity (Wildman–Crippen MR) is 82.1 cm³/mol. The number of aromatic carboxylic acids is 1. The average Bonchev–Trinajstić information content (AvgIpc) is 2.47. The number of pyridine rings is 1. The highest BCUT2D eigenvalue weighted by atomic mass is 16.5. The summed E-state index contributed by atoms with van der Waals surface area (Å²) in [6.45, 7) is 8.53. The topological polar surface area (TPSA) is 62.7 Å². The monoisotopic (exact) mass is 292 g/mol. The highest BCUT2D eigenvalue weighted by molar-refractivity contribution is 5.88. The van der Waals surface area contributed by atoms with Gasteiger partial charge in [0.2, 0.25) is 0 Å². The van der Waals surface area contributed by atoms with Crippen LogP contribution in [0.15, 0.2) is 12.1 Å². The number of rotatable bonds is 5. The molecule has 2 heterocycles. The zero-order chi connectivity index (χ0) is 15.4. The van der Waals surface area contributed by atoms with Gasteiger partial charge in [-0.15, -0.1) is 0 Å². The lowest BCUT2D eigenvalue weighted by Crippen LogP contribution is -2.37. The zero-order valence-corrected chi connectivity index (χ0v) is 13.0. The molecule has 5 nitrogen and oxygen atoms in total. The number of hydrogen-bond donors (Lipinski definition) is 1. The fraction of sp³-hybridized carbons (Fsp3) is 0.625. The molecule has 2 rings (SSSR count). The third kappa shape index (κ3) is 3.94. The van der Waals surface area contributed by atoms with Crippen molar-refractivity contribution in [1.29, 1.82) is 0 Å². The Labute approximate surface area is 125 Å². The van der Waals surface area contributed by atoms with Crippen molar-refractivity contribution in [2.45, 2.75) is 45.6 Å². The predicted octanol–water partition coefficient (Wildman–Crippen LogP) is 2.91. The molecule has 1 aromatic heterocycles. The first kappa shape index (κ1) is 15.8. The Kier molecular flexibility index (Phi) is 5.17. The van der Waals surface area contributed by atoms with E-state index in [1.54, 1.807) is 12.1 Å². The van der Waals surface area contributed by atoms with Crippen LogP contribution in [0.3, 0.4) is 0 Å². The fourth-order valence-electron chi connectivity index (χ4n) is 2.61. The van der Waals surface area contributed by atoms with Gasteiger partial charge in [0.05, 0.1) is 11.7 Å². The molecule has 5 heteroatoms. The summed E-state index contributed by atoms with van der Waals surface area (Å²) in [7, 11) is 0. The number of carboxylic acid groups (broad SMARTS) is 1. The first-order valence-corrected chi connectivity index (χ1v) is 7.63. The van der Waals surface area contributed by atoms with E-state index in [1.165, 1.54) is 0 Å². The lowest BCUT2D eigenvalue weighted by atomic mass is 10.1. The second-order valence-corrected chi connectivity index (χ2v) is 5.74. The lowest BCUT2D eigenvalue weighted by Gasteiger charge is -2.33. The quantitative estimate of drug-likeness (QED) is 0.904. The molecule has 1 aromatic rings. The molecule has 0 aliphatic carbocycles. The van der Waals surface area contributed by atoms with Gasteiger partial charge < -0.3 is 14.7 Å². The van der Waals surface area contributed by atoms with Gasteiger partial charge in [0.25, 0.3) is 0 Å². The van der Waals surface area contributed by atoms with Crippen LogP contribution in [0.5, 0.6) is 0 Å². The summed E-state index contributed by atoms with van der Waals surface area (Å²) in [6, 6.07) is 3.35. The third-order valence-electron chi connectivity index (χ3n) is 3.84. The molecule has 1 aliphatic rings. The second-order valence-electron chi connectivity index (χ2n) is 5.74. The largest absolute Gasteiger partial charge is 0.478 e. The van der Waals surface area contributed by atoms with Crippen LogP contribution in [-0.2, 0) is 4.74 Å². The Morgan fingerprint density at radius 2 is 2.10 bits per heavy atom. The first-order chi connectivity index (χ1) is 10.0. The van der Waals surface area contributed by atoms with E-state index in [0.717, 1.165) is 44.0 Å². The van der Waals surface area contributed by atoms with Gasteiger partial charge in [0.15, 0.2) is 0 Å². The highest BCUT2D eigenvalue weighted by Gasteiger charge is 2.22. The molecule has 21 heavy (non-hydrogen) atoms. The minimum Gasteiger partial charge on any atom is -0.478 e. The van der Waals surface area contributed by atoms with E-state index >= 15 is 0 Å². The van der Waals surface area contributed by atoms with E-state index < -0.39 is 5.97 Å². The maximum atomic E-state index is 11.3. The summed E-state index contributed by atoms with van der Waals surface area (Å²) in [5, 5.41) is 9.26. The molecule has 0 unspecified atom stereocenters. The van der Waals surface area contributed by atoms with Crippen molar-refractivity contribution in [3.05, 3.63) is 23.4 Å². The van der Waals surface area contributed by atoms with Crippen LogP contribution >= 0.6 is 0 Å². The van der Waals surface area contributed by atoms with Crippen LogP contribution in [0.2, 0.25) is 0 Å². The molecule has 1 fully saturated rings. The molecular formula is C16H24N2O3. The molecule has 0 saturated carbocycles.